The van der Waals surface area contributed by atoms with Gasteiger partial charge < -0.3 is 5.11 Å². The molecule has 1 N–H and O–H groups in total. The zero-order valence-corrected chi connectivity index (χ0v) is 13.3. The van der Waals surface area contributed by atoms with Gasteiger partial charge in [0.15, 0.2) is 0 Å². The van der Waals surface area contributed by atoms with E-state index in [1.165, 1.54) is 5.57 Å². The molecule has 23 heavy (non-hydrogen) atoms. The predicted octanol–water partition coefficient (Wildman–Crippen LogP) is 3.60. The molecule has 0 bridgehead atoms. The maximum atomic E-state index is 9.36. The summed E-state index contributed by atoms with van der Waals surface area (Å²) in [5, 5.41) is 14.5. The lowest BCUT2D eigenvalue weighted by atomic mass is 9.94. The maximum Gasteiger partial charge on any atom is 0.0886 e. The molecule has 2 aromatic rings. The van der Waals surface area contributed by atoms with Crippen molar-refractivity contribution in [3.63, 3.8) is 0 Å². The highest BCUT2D eigenvalue weighted by Crippen LogP contribution is 2.29. The molecule has 0 atom stereocenters. The maximum absolute atomic E-state index is 9.36. The Balaban J connectivity index is 1.92. The number of benzene rings is 1. The second kappa shape index (κ2) is 5.80. The number of aliphatic imine (C=N–C) groups is 1. The Labute approximate surface area is 139 Å². The summed E-state index contributed by atoms with van der Waals surface area (Å²) in [6, 6.07) is 7.68. The smallest absolute Gasteiger partial charge is 0.0886 e. The largest absolute Gasteiger partial charge is 0.390 e. The first-order chi connectivity index (χ1) is 11.3. The van der Waals surface area contributed by atoms with Gasteiger partial charge in [-0.15, -0.1) is 0 Å². The third-order valence-corrected chi connectivity index (χ3v) is 4.39. The number of fused-ring (bicyclic) bond motifs is 3. The van der Waals surface area contributed by atoms with Crippen LogP contribution in [0.25, 0.3) is 5.69 Å². The minimum absolute atomic E-state index is 0.0740. The van der Waals surface area contributed by atoms with Crippen molar-refractivity contribution in [3.05, 3.63) is 70.0 Å². The number of rotatable bonds is 2. The average molecular weight is 326 g/mol. The summed E-state index contributed by atoms with van der Waals surface area (Å²) in [5.41, 5.74) is 5.78. The van der Waals surface area contributed by atoms with Gasteiger partial charge in [0.25, 0.3) is 0 Å². The fourth-order valence-electron chi connectivity index (χ4n) is 3.08. The molecule has 2 aliphatic rings. The summed E-state index contributed by atoms with van der Waals surface area (Å²) in [7, 11) is 0. The van der Waals surface area contributed by atoms with E-state index in [1.807, 2.05) is 28.9 Å². The zero-order valence-electron chi connectivity index (χ0n) is 12.5. The van der Waals surface area contributed by atoms with Gasteiger partial charge in [-0.2, -0.15) is 5.10 Å². The van der Waals surface area contributed by atoms with Gasteiger partial charge in [0.05, 0.1) is 35.9 Å². The van der Waals surface area contributed by atoms with Crippen molar-refractivity contribution < 1.29 is 5.11 Å². The van der Waals surface area contributed by atoms with Crippen LogP contribution in [-0.4, -0.2) is 20.6 Å². The van der Waals surface area contributed by atoms with E-state index in [1.54, 1.807) is 0 Å². The molecule has 0 radical (unpaired) electrons. The molecule has 1 aromatic heterocycles. The standard InChI is InChI=1S/C18H16ClN3O/c19-13-6-7-17-16(8-13)18(12-4-2-1-3-5-12)20-10-15-9-14(11-23)21-22(15)17/h1-2,4,6-9,23H,3,5,10-11H2. The lowest BCUT2D eigenvalue weighted by Crippen LogP contribution is -2.10. The molecule has 4 nitrogen and oxygen atoms in total. The predicted molar refractivity (Wildman–Crippen MR) is 91.2 cm³/mol. The summed E-state index contributed by atoms with van der Waals surface area (Å²) in [4.78, 5) is 4.83. The second-order valence-electron chi connectivity index (χ2n) is 5.68. The van der Waals surface area contributed by atoms with Crippen molar-refractivity contribution >= 4 is 17.3 Å². The van der Waals surface area contributed by atoms with Gasteiger partial charge in [-0.05, 0) is 42.7 Å². The van der Waals surface area contributed by atoms with Crippen molar-refractivity contribution in [1.82, 2.24) is 9.78 Å². The van der Waals surface area contributed by atoms with Crippen LogP contribution in [0.2, 0.25) is 5.02 Å². The molecule has 2 heterocycles. The normalized spacial score (nSPS) is 16.3. The molecule has 0 spiro atoms. The molecule has 1 aliphatic heterocycles. The van der Waals surface area contributed by atoms with Gasteiger partial charge >= 0.3 is 0 Å². The van der Waals surface area contributed by atoms with E-state index in [-0.39, 0.29) is 6.61 Å². The van der Waals surface area contributed by atoms with Crippen LogP contribution in [0, 0.1) is 0 Å². The van der Waals surface area contributed by atoms with Crippen molar-refractivity contribution in [2.45, 2.75) is 26.0 Å². The van der Waals surface area contributed by atoms with Crippen LogP contribution < -0.4 is 0 Å². The van der Waals surface area contributed by atoms with Crippen LogP contribution in [0.3, 0.4) is 0 Å². The average Bonchev–Trinajstić information content (AvgIpc) is 2.93. The highest BCUT2D eigenvalue weighted by molar-refractivity contribution is 6.31. The summed E-state index contributed by atoms with van der Waals surface area (Å²) >= 11 is 6.24. The molecule has 116 valence electrons. The van der Waals surface area contributed by atoms with Gasteiger partial charge in [0.1, 0.15) is 0 Å². The van der Waals surface area contributed by atoms with E-state index < -0.39 is 0 Å². The first-order valence-corrected chi connectivity index (χ1v) is 8.03. The number of nitrogens with zero attached hydrogens (tertiary/aromatic N) is 3. The van der Waals surface area contributed by atoms with Crippen LogP contribution in [-0.2, 0) is 13.2 Å². The summed E-state index contributed by atoms with van der Waals surface area (Å²) in [6.07, 6.45) is 8.38. The molecule has 1 aliphatic carbocycles. The fraction of sp³-hybridized carbons (Fsp3) is 0.222. The quantitative estimate of drug-likeness (QED) is 0.917. The number of hydrogen-bond acceptors (Lipinski definition) is 3. The molecule has 1 aromatic carbocycles. The lowest BCUT2D eigenvalue weighted by molar-refractivity contribution is 0.276. The Morgan fingerprint density at radius 3 is 2.96 bits per heavy atom. The van der Waals surface area contributed by atoms with Crippen LogP contribution >= 0.6 is 11.6 Å². The van der Waals surface area contributed by atoms with Gasteiger partial charge in [-0.3, -0.25) is 4.99 Å². The first kappa shape index (κ1) is 14.4. The number of hydrogen-bond donors (Lipinski definition) is 1. The molecule has 4 rings (SSSR count). The van der Waals surface area contributed by atoms with Crippen molar-refractivity contribution in [3.8, 4) is 5.69 Å². The first-order valence-electron chi connectivity index (χ1n) is 7.66. The van der Waals surface area contributed by atoms with Gasteiger partial charge in [0.2, 0.25) is 0 Å². The summed E-state index contributed by atoms with van der Waals surface area (Å²) in [6.45, 7) is 0.463. The SMILES string of the molecule is OCc1cc2n(n1)-c1ccc(Cl)cc1C(C1=CC=CCC1)=NC2. The Morgan fingerprint density at radius 2 is 2.17 bits per heavy atom. The van der Waals surface area contributed by atoms with Gasteiger partial charge in [-0.25, -0.2) is 4.68 Å². The molecular formula is C18H16ClN3O. The van der Waals surface area contributed by atoms with Crippen molar-refractivity contribution in [2.24, 2.45) is 4.99 Å². The van der Waals surface area contributed by atoms with E-state index in [0.717, 1.165) is 35.5 Å². The van der Waals surface area contributed by atoms with E-state index in [4.69, 9.17) is 16.6 Å². The Morgan fingerprint density at radius 1 is 1.26 bits per heavy atom. The van der Waals surface area contributed by atoms with E-state index >= 15 is 0 Å². The second-order valence-corrected chi connectivity index (χ2v) is 6.12. The van der Waals surface area contributed by atoms with E-state index in [2.05, 4.69) is 23.3 Å². The molecule has 5 heteroatoms. The van der Waals surface area contributed by atoms with Crippen LogP contribution in [0.1, 0.15) is 29.8 Å². The molecule has 0 fully saturated rings. The van der Waals surface area contributed by atoms with Crippen LogP contribution in [0.5, 0.6) is 0 Å². The molecule has 0 saturated carbocycles. The van der Waals surface area contributed by atoms with Crippen LogP contribution in [0.15, 0.2) is 53.1 Å². The van der Waals surface area contributed by atoms with Gasteiger partial charge in [-0.1, -0.05) is 29.8 Å². The van der Waals surface area contributed by atoms with E-state index in [9.17, 15) is 5.11 Å². The highest BCUT2D eigenvalue weighted by Gasteiger charge is 2.22. The monoisotopic (exact) mass is 325 g/mol. The van der Waals surface area contributed by atoms with Crippen LogP contribution in [0.4, 0.5) is 0 Å². The van der Waals surface area contributed by atoms with Crippen molar-refractivity contribution in [2.75, 3.05) is 0 Å². The fourth-order valence-corrected chi connectivity index (χ4v) is 3.25. The third kappa shape index (κ3) is 2.54. The van der Waals surface area contributed by atoms with E-state index in [0.29, 0.717) is 17.3 Å². The van der Waals surface area contributed by atoms with Gasteiger partial charge in [0, 0.05) is 10.6 Å². The molecule has 0 amide bonds. The molecule has 0 saturated heterocycles. The molecule has 0 unspecified atom stereocenters. The summed E-state index contributed by atoms with van der Waals surface area (Å²) < 4.78 is 1.87. The number of aromatic nitrogens is 2. The minimum atomic E-state index is -0.0740. The number of halogens is 1. The highest BCUT2D eigenvalue weighted by atomic mass is 35.5. The molecular weight excluding hydrogens is 310 g/mol. The topological polar surface area (TPSA) is 50.4 Å². The number of allylic oxidation sites excluding steroid dienone is 4. The zero-order chi connectivity index (χ0) is 15.8. The Kier molecular flexibility index (Phi) is 3.63. The third-order valence-electron chi connectivity index (χ3n) is 4.15. The number of aliphatic hydroxyl groups excluding tert-OH is 1. The number of aliphatic hydroxyl groups is 1. The Bertz CT molecular complexity index is 861. The lowest BCUT2D eigenvalue weighted by Gasteiger charge is -2.15. The minimum Gasteiger partial charge on any atom is -0.390 e. The van der Waals surface area contributed by atoms with Crippen molar-refractivity contribution in [1.29, 1.82) is 0 Å². The Hall–Kier alpha value is -2.17. The summed E-state index contributed by atoms with van der Waals surface area (Å²) in [5.74, 6) is 0.